The first kappa shape index (κ1) is 23.4. The summed E-state index contributed by atoms with van der Waals surface area (Å²) in [5, 5.41) is 6.59. The maximum absolute atomic E-state index is 12.5. The van der Waals surface area contributed by atoms with Crippen molar-refractivity contribution >= 4 is 52.1 Å². The number of hydrogen-bond acceptors (Lipinski definition) is 4. The molecule has 3 rings (SSSR count). The molecule has 0 aliphatic heterocycles. The first-order valence-corrected chi connectivity index (χ1v) is 10.8. The van der Waals surface area contributed by atoms with E-state index in [1.165, 1.54) is 4.90 Å². The Morgan fingerprint density at radius 2 is 1.50 bits per heavy atom. The summed E-state index contributed by atoms with van der Waals surface area (Å²) in [5.74, 6) is -0.147. The molecule has 2 N–H and O–H groups in total. The molecule has 2 amide bonds. The van der Waals surface area contributed by atoms with Crippen molar-refractivity contribution in [1.82, 2.24) is 4.90 Å². The number of carbonyl (C=O) groups is 2. The fourth-order valence-corrected chi connectivity index (χ4v) is 3.40. The lowest BCUT2D eigenvalue weighted by Crippen LogP contribution is -2.40. The van der Waals surface area contributed by atoms with Gasteiger partial charge in [0, 0.05) is 17.9 Å². The second kappa shape index (κ2) is 11.4. The highest BCUT2D eigenvalue weighted by Crippen LogP contribution is 2.29. The molecule has 0 bridgehead atoms. The van der Waals surface area contributed by atoms with Crippen LogP contribution in [-0.4, -0.2) is 36.4 Å². The van der Waals surface area contributed by atoms with E-state index in [1.807, 2.05) is 42.5 Å². The molecule has 0 saturated carbocycles. The van der Waals surface area contributed by atoms with Crippen molar-refractivity contribution in [3.05, 3.63) is 82.8 Å². The summed E-state index contributed by atoms with van der Waals surface area (Å²) in [5.41, 5.74) is 2.20. The number of rotatable bonds is 9. The third-order valence-corrected chi connectivity index (χ3v) is 5.21. The summed E-state index contributed by atoms with van der Waals surface area (Å²) in [6.45, 7) is 1.82. The number of amides is 2. The molecule has 32 heavy (non-hydrogen) atoms. The Bertz CT molecular complexity index is 1040. The van der Waals surface area contributed by atoms with Gasteiger partial charge in [-0.3, -0.25) is 9.59 Å². The number of likely N-dealkylation sites (N-methyl/N-ethyl adjacent to an activating group) is 1. The maximum Gasteiger partial charge on any atom is 0.260 e. The zero-order chi connectivity index (χ0) is 22.9. The van der Waals surface area contributed by atoms with E-state index in [1.54, 1.807) is 37.3 Å². The molecule has 3 aromatic rings. The van der Waals surface area contributed by atoms with E-state index in [9.17, 15) is 9.59 Å². The molecule has 0 aliphatic rings. The first-order chi connectivity index (χ1) is 15.5. The van der Waals surface area contributed by atoms with Crippen molar-refractivity contribution < 1.29 is 14.3 Å². The molecular weight excluding hydrogens is 449 g/mol. The van der Waals surface area contributed by atoms with Crippen LogP contribution < -0.4 is 15.4 Å². The van der Waals surface area contributed by atoms with E-state index >= 15 is 0 Å². The third-order valence-electron chi connectivity index (χ3n) is 4.58. The monoisotopic (exact) mass is 471 g/mol. The van der Waals surface area contributed by atoms with E-state index in [-0.39, 0.29) is 19.1 Å². The van der Waals surface area contributed by atoms with Gasteiger partial charge in [-0.25, -0.2) is 0 Å². The molecule has 0 unspecified atom stereocenters. The third kappa shape index (κ3) is 6.64. The second-order valence-electron chi connectivity index (χ2n) is 6.86. The number of hydrogen-bond donors (Lipinski definition) is 2. The van der Waals surface area contributed by atoms with Gasteiger partial charge in [0.05, 0.1) is 22.3 Å². The largest absolute Gasteiger partial charge is 0.484 e. The van der Waals surface area contributed by atoms with Crippen LogP contribution in [0.2, 0.25) is 10.0 Å². The van der Waals surface area contributed by atoms with Gasteiger partial charge in [-0.05, 0) is 55.5 Å². The van der Waals surface area contributed by atoms with Gasteiger partial charge in [-0.1, -0.05) is 47.5 Å². The molecule has 3 aromatic carbocycles. The van der Waals surface area contributed by atoms with E-state index < -0.39 is 5.91 Å². The van der Waals surface area contributed by atoms with Gasteiger partial charge in [0.25, 0.3) is 5.91 Å². The van der Waals surface area contributed by atoms with Crippen molar-refractivity contribution in [2.75, 3.05) is 30.3 Å². The average Bonchev–Trinajstić information content (AvgIpc) is 2.80. The van der Waals surface area contributed by atoms with Gasteiger partial charge in [-0.15, -0.1) is 0 Å². The molecule has 0 radical (unpaired) electrons. The lowest BCUT2D eigenvalue weighted by Gasteiger charge is -2.21. The number of carbonyl (C=O) groups excluding carboxylic acids is 2. The fourth-order valence-electron chi connectivity index (χ4n) is 2.90. The van der Waals surface area contributed by atoms with Crippen LogP contribution >= 0.6 is 23.2 Å². The van der Waals surface area contributed by atoms with Crippen LogP contribution in [0.25, 0.3) is 0 Å². The molecule has 0 heterocycles. The lowest BCUT2D eigenvalue weighted by atomic mass is 10.2. The topological polar surface area (TPSA) is 70.7 Å². The standard InChI is InChI=1S/C24H23Cl2N3O3/c1-2-29(15-22(30)28-24-20(25)9-6-10-21(24)26)23(31)16-32-19-13-11-18(12-14-19)27-17-7-4-3-5-8-17/h3-14,27H,2,15-16H2,1H3,(H,28,30). The zero-order valence-corrected chi connectivity index (χ0v) is 19.0. The van der Waals surface area contributed by atoms with Crippen molar-refractivity contribution in [2.45, 2.75) is 6.92 Å². The minimum atomic E-state index is -0.397. The quantitative estimate of drug-likeness (QED) is 0.425. The van der Waals surface area contributed by atoms with Gasteiger partial charge in [0.2, 0.25) is 5.91 Å². The van der Waals surface area contributed by atoms with Crippen molar-refractivity contribution in [3.63, 3.8) is 0 Å². The minimum absolute atomic E-state index is 0.139. The van der Waals surface area contributed by atoms with Crippen molar-refractivity contribution in [1.29, 1.82) is 0 Å². The highest BCUT2D eigenvalue weighted by molar-refractivity contribution is 6.39. The Labute approximate surface area is 197 Å². The number of nitrogens with zero attached hydrogens (tertiary/aromatic N) is 1. The van der Waals surface area contributed by atoms with Crippen LogP contribution in [0, 0.1) is 0 Å². The lowest BCUT2D eigenvalue weighted by molar-refractivity contribution is -0.136. The SMILES string of the molecule is CCN(CC(=O)Nc1c(Cl)cccc1Cl)C(=O)COc1ccc(Nc2ccccc2)cc1. The summed E-state index contributed by atoms with van der Waals surface area (Å²) in [6, 6.07) is 22.0. The molecule has 6 nitrogen and oxygen atoms in total. The van der Waals surface area contributed by atoms with Gasteiger partial charge < -0.3 is 20.3 Å². The first-order valence-electron chi connectivity index (χ1n) is 10.0. The van der Waals surface area contributed by atoms with Crippen LogP contribution in [0.3, 0.4) is 0 Å². The molecule has 0 saturated heterocycles. The Morgan fingerprint density at radius 1 is 0.875 bits per heavy atom. The summed E-state index contributed by atoms with van der Waals surface area (Å²) >= 11 is 12.2. The van der Waals surface area contributed by atoms with Gasteiger partial charge in [-0.2, -0.15) is 0 Å². The van der Waals surface area contributed by atoms with Crippen LogP contribution in [0.15, 0.2) is 72.8 Å². The van der Waals surface area contributed by atoms with Crippen LogP contribution in [-0.2, 0) is 9.59 Å². The highest BCUT2D eigenvalue weighted by Gasteiger charge is 2.18. The Hall–Kier alpha value is -3.22. The van der Waals surface area contributed by atoms with Gasteiger partial charge in [0.1, 0.15) is 5.75 Å². The molecule has 0 spiro atoms. The molecule has 166 valence electrons. The van der Waals surface area contributed by atoms with Gasteiger partial charge >= 0.3 is 0 Å². The summed E-state index contributed by atoms with van der Waals surface area (Å²) < 4.78 is 5.60. The molecule has 0 fully saturated rings. The Morgan fingerprint density at radius 3 is 2.12 bits per heavy atom. The molecular formula is C24H23Cl2N3O3. The fraction of sp³-hybridized carbons (Fsp3) is 0.167. The van der Waals surface area contributed by atoms with Crippen LogP contribution in [0.5, 0.6) is 5.75 Å². The predicted molar refractivity (Wildman–Crippen MR) is 129 cm³/mol. The Kier molecular flexibility index (Phi) is 8.36. The van der Waals surface area contributed by atoms with E-state index in [4.69, 9.17) is 27.9 Å². The van der Waals surface area contributed by atoms with E-state index in [2.05, 4.69) is 10.6 Å². The predicted octanol–water partition coefficient (Wildman–Crippen LogP) is 5.60. The van der Waals surface area contributed by atoms with Gasteiger partial charge in [0.15, 0.2) is 6.61 Å². The molecule has 0 atom stereocenters. The second-order valence-corrected chi connectivity index (χ2v) is 7.67. The summed E-state index contributed by atoms with van der Waals surface area (Å²) in [4.78, 5) is 26.3. The van der Waals surface area contributed by atoms with Crippen LogP contribution in [0.4, 0.5) is 17.1 Å². The van der Waals surface area contributed by atoms with E-state index in [0.29, 0.717) is 28.0 Å². The van der Waals surface area contributed by atoms with Crippen LogP contribution in [0.1, 0.15) is 6.92 Å². The summed E-state index contributed by atoms with van der Waals surface area (Å²) in [7, 11) is 0. The van der Waals surface area contributed by atoms with Crippen molar-refractivity contribution in [3.8, 4) is 5.75 Å². The number of halogens is 2. The minimum Gasteiger partial charge on any atom is -0.484 e. The van der Waals surface area contributed by atoms with Crippen molar-refractivity contribution in [2.24, 2.45) is 0 Å². The smallest absolute Gasteiger partial charge is 0.260 e. The number of ether oxygens (including phenoxy) is 1. The number of anilines is 3. The number of benzene rings is 3. The normalized spacial score (nSPS) is 10.3. The van der Waals surface area contributed by atoms with E-state index in [0.717, 1.165) is 11.4 Å². The molecule has 0 aromatic heterocycles. The number of para-hydroxylation sites is 2. The molecule has 8 heteroatoms. The molecule has 0 aliphatic carbocycles. The number of nitrogens with one attached hydrogen (secondary N) is 2. The zero-order valence-electron chi connectivity index (χ0n) is 17.5. The average molecular weight is 472 g/mol. The maximum atomic E-state index is 12.5. The Balaban J connectivity index is 1.51. The highest BCUT2D eigenvalue weighted by atomic mass is 35.5. The summed E-state index contributed by atoms with van der Waals surface area (Å²) in [6.07, 6.45) is 0.